The van der Waals surface area contributed by atoms with E-state index in [0.29, 0.717) is 43.4 Å². The number of hydrogen-bond donors (Lipinski definition) is 0. The molecule has 0 aliphatic carbocycles. The molecule has 3 rings (SSSR count). The molecule has 1 amide bonds. The van der Waals surface area contributed by atoms with Crippen LogP contribution in [0.2, 0.25) is 0 Å². The zero-order valence-corrected chi connectivity index (χ0v) is 19.8. The van der Waals surface area contributed by atoms with Gasteiger partial charge in [0, 0.05) is 13.1 Å². The Kier molecular flexibility index (Phi) is 8.28. The van der Waals surface area contributed by atoms with Crippen molar-refractivity contribution in [2.75, 3.05) is 40.0 Å². The minimum atomic E-state index is -0.581. The van der Waals surface area contributed by atoms with Crippen LogP contribution in [0.25, 0.3) is 6.08 Å². The Morgan fingerprint density at radius 2 is 1.79 bits per heavy atom. The molecule has 1 saturated heterocycles. The normalized spacial score (nSPS) is 13.7. The molecule has 0 unspecified atom stereocenters. The lowest BCUT2D eigenvalue weighted by Gasteiger charge is -2.26. The maximum Gasteiger partial charge on any atom is 0.349 e. The Balaban J connectivity index is 1.70. The highest BCUT2D eigenvalue weighted by atomic mass is 16.6. The fraction of sp³-hybridized carbons (Fsp3) is 0.346. The summed E-state index contributed by atoms with van der Waals surface area (Å²) in [6.07, 6.45) is 1.48. The highest BCUT2D eigenvalue weighted by Gasteiger charge is 2.21. The van der Waals surface area contributed by atoms with E-state index in [1.807, 2.05) is 39.0 Å². The average Bonchev–Trinajstić information content (AvgIpc) is 2.85. The number of hydrogen-bond acceptors (Lipinski definition) is 7. The minimum Gasteiger partial charge on any atom is -0.493 e. The number of benzene rings is 2. The Hall–Kier alpha value is -3.83. The van der Waals surface area contributed by atoms with Crippen LogP contribution in [0.15, 0.2) is 35.9 Å². The van der Waals surface area contributed by atoms with Gasteiger partial charge in [0.1, 0.15) is 17.4 Å². The molecular weight excluding hydrogens is 436 g/mol. The minimum absolute atomic E-state index is 0.00555. The summed E-state index contributed by atoms with van der Waals surface area (Å²) in [6, 6.07) is 10.7. The number of methoxy groups -OCH3 is 1. The van der Waals surface area contributed by atoms with Gasteiger partial charge in [-0.2, -0.15) is 5.26 Å². The van der Waals surface area contributed by atoms with Crippen molar-refractivity contribution in [1.82, 2.24) is 4.90 Å². The number of nitrogens with zero attached hydrogens (tertiary/aromatic N) is 2. The van der Waals surface area contributed by atoms with Crippen molar-refractivity contribution in [3.63, 3.8) is 0 Å². The number of esters is 1. The third-order valence-electron chi connectivity index (χ3n) is 5.58. The second-order valence-corrected chi connectivity index (χ2v) is 7.90. The van der Waals surface area contributed by atoms with Gasteiger partial charge in [0.15, 0.2) is 18.1 Å². The average molecular weight is 465 g/mol. The maximum absolute atomic E-state index is 12.6. The van der Waals surface area contributed by atoms with Crippen molar-refractivity contribution in [3.05, 3.63) is 58.2 Å². The quantitative estimate of drug-likeness (QED) is 0.268. The molecule has 178 valence electrons. The van der Waals surface area contributed by atoms with E-state index in [9.17, 15) is 14.9 Å². The van der Waals surface area contributed by atoms with Crippen LogP contribution in [0, 0.1) is 32.1 Å². The molecule has 1 aliphatic rings. The molecular formula is C26H28N2O6. The summed E-state index contributed by atoms with van der Waals surface area (Å²) in [5.74, 6) is 0.240. The first-order valence-corrected chi connectivity index (χ1v) is 10.9. The first kappa shape index (κ1) is 24.8. The molecule has 1 fully saturated rings. The van der Waals surface area contributed by atoms with E-state index in [2.05, 4.69) is 0 Å². The third kappa shape index (κ3) is 5.94. The van der Waals surface area contributed by atoms with Crippen LogP contribution >= 0.6 is 0 Å². The molecule has 0 bridgehead atoms. The number of morpholine rings is 1. The van der Waals surface area contributed by atoms with E-state index in [0.717, 1.165) is 16.7 Å². The monoisotopic (exact) mass is 464 g/mol. The van der Waals surface area contributed by atoms with E-state index in [4.69, 9.17) is 18.9 Å². The summed E-state index contributed by atoms with van der Waals surface area (Å²) in [5.41, 5.74) is 3.55. The Morgan fingerprint density at radius 1 is 1.09 bits per heavy atom. The summed E-state index contributed by atoms with van der Waals surface area (Å²) >= 11 is 0. The SMILES string of the molecule is COc1cc(/C=C(\C#N)C(=O)N2CCOCC2)ccc1OC(=O)COc1c(C)ccc(C)c1C. The lowest BCUT2D eigenvalue weighted by molar-refractivity contribution is -0.136. The molecule has 1 aliphatic heterocycles. The number of carbonyl (C=O) groups is 2. The van der Waals surface area contributed by atoms with Crippen LogP contribution < -0.4 is 14.2 Å². The summed E-state index contributed by atoms with van der Waals surface area (Å²) in [5, 5.41) is 9.49. The number of nitriles is 1. The first-order chi connectivity index (χ1) is 16.3. The number of rotatable bonds is 7. The van der Waals surface area contributed by atoms with Gasteiger partial charge in [0.2, 0.25) is 0 Å². The van der Waals surface area contributed by atoms with Gasteiger partial charge < -0.3 is 23.8 Å². The molecule has 1 heterocycles. The summed E-state index contributed by atoms with van der Waals surface area (Å²) < 4.78 is 21.8. The van der Waals surface area contributed by atoms with Gasteiger partial charge in [-0.25, -0.2) is 4.79 Å². The maximum atomic E-state index is 12.6. The van der Waals surface area contributed by atoms with Gasteiger partial charge in [0.25, 0.3) is 5.91 Å². The van der Waals surface area contributed by atoms with Crippen molar-refractivity contribution in [2.24, 2.45) is 0 Å². The molecule has 8 heteroatoms. The molecule has 2 aromatic carbocycles. The predicted octanol–water partition coefficient (Wildman–Crippen LogP) is 3.37. The molecule has 0 radical (unpaired) electrons. The molecule has 0 aromatic heterocycles. The largest absolute Gasteiger partial charge is 0.493 e. The lowest BCUT2D eigenvalue weighted by atomic mass is 10.1. The Bertz CT molecular complexity index is 1140. The van der Waals surface area contributed by atoms with Gasteiger partial charge in [-0.3, -0.25) is 4.79 Å². The van der Waals surface area contributed by atoms with Crippen LogP contribution in [0.1, 0.15) is 22.3 Å². The zero-order chi connectivity index (χ0) is 24.7. The van der Waals surface area contributed by atoms with Gasteiger partial charge in [0.05, 0.1) is 20.3 Å². The highest BCUT2D eigenvalue weighted by molar-refractivity contribution is 6.01. The number of ether oxygens (including phenoxy) is 4. The van der Waals surface area contributed by atoms with E-state index in [-0.39, 0.29) is 23.8 Å². The van der Waals surface area contributed by atoms with Crippen LogP contribution in [0.5, 0.6) is 17.2 Å². The van der Waals surface area contributed by atoms with Crippen molar-refractivity contribution < 1.29 is 28.5 Å². The molecule has 0 saturated carbocycles. The highest BCUT2D eigenvalue weighted by Crippen LogP contribution is 2.30. The van der Waals surface area contributed by atoms with E-state index in [1.165, 1.54) is 13.2 Å². The van der Waals surface area contributed by atoms with Crippen LogP contribution in [-0.4, -0.2) is 56.8 Å². The second-order valence-electron chi connectivity index (χ2n) is 7.90. The summed E-state index contributed by atoms with van der Waals surface area (Å²) in [6.45, 7) is 7.37. The second kappa shape index (κ2) is 11.3. The standard InChI is InChI=1S/C26H28N2O6/c1-17-5-6-18(2)25(19(17)3)33-16-24(29)34-22-8-7-20(14-23(22)31-4)13-21(15-27)26(30)28-9-11-32-12-10-28/h5-8,13-14H,9-12,16H2,1-4H3/b21-13+. The Morgan fingerprint density at radius 3 is 2.47 bits per heavy atom. The van der Waals surface area contributed by atoms with Crippen molar-refractivity contribution >= 4 is 18.0 Å². The van der Waals surface area contributed by atoms with E-state index >= 15 is 0 Å². The fourth-order valence-electron chi connectivity index (χ4n) is 3.53. The van der Waals surface area contributed by atoms with Crippen molar-refractivity contribution in [2.45, 2.75) is 20.8 Å². The third-order valence-corrected chi connectivity index (χ3v) is 5.58. The smallest absolute Gasteiger partial charge is 0.349 e. The van der Waals surface area contributed by atoms with Gasteiger partial charge in [-0.15, -0.1) is 0 Å². The summed E-state index contributed by atoms with van der Waals surface area (Å²) in [4.78, 5) is 26.6. The molecule has 0 atom stereocenters. The zero-order valence-electron chi connectivity index (χ0n) is 19.8. The van der Waals surface area contributed by atoms with Gasteiger partial charge >= 0.3 is 5.97 Å². The van der Waals surface area contributed by atoms with Crippen LogP contribution in [0.3, 0.4) is 0 Å². The molecule has 0 spiro atoms. The van der Waals surface area contributed by atoms with E-state index < -0.39 is 5.97 Å². The van der Waals surface area contributed by atoms with Crippen LogP contribution in [0.4, 0.5) is 0 Å². The van der Waals surface area contributed by atoms with Crippen LogP contribution in [-0.2, 0) is 14.3 Å². The van der Waals surface area contributed by atoms with E-state index in [1.54, 1.807) is 23.1 Å². The molecule has 2 aromatic rings. The number of carbonyl (C=O) groups excluding carboxylic acids is 2. The fourth-order valence-corrected chi connectivity index (χ4v) is 3.53. The number of amides is 1. The van der Waals surface area contributed by atoms with Crippen molar-refractivity contribution in [1.29, 1.82) is 5.26 Å². The van der Waals surface area contributed by atoms with Gasteiger partial charge in [-0.1, -0.05) is 18.2 Å². The van der Waals surface area contributed by atoms with Gasteiger partial charge in [-0.05, 0) is 61.2 Å². The topological polar surface area (TPSA) is 98.1 Å². The number of aryl methyl sites for hydroxylation is 2. The summed E-state index contributed by atoms with van der Waals surface area (Å²) in [7, 11) is 1.44. The predicted molar refractivity (Wildman–Crippen MR) is 126 cm³/mol. The Labute approximate surface area is 199 Å². The lowest BCUT2D eigenvalue weighted by Crippen LogP contribution is -2.41. The molecule has 8 nitrogen and oxygen atoms in total. The molecule has 34 heavy (non-hydrogen) atoms. The van der Waals surface area contributed by atoms with Crippen molar-refractivity contribution in [3.8, 4) is 23.3 Å². The first-order valence-electron chi connectivity index (χ1n) is 10.9. The molecule has 0 N–H and O–H groups in total.